The highest BCUT2D eigenvalue weighted by molar-refractivity contribution is 7.47. The molecule has 36 heavy (non-hydrogen) atoms. The molecule has 9 nitrogen and oxygen atoms in total. The number of unbranched alkanes of at least 4 members (excludes halogenated alkanes) is 2. The number of carbonyl (C=O) groups excluding carboxylic acids is 2. The van der Waals surface area contributed by atoms with E-state index in [1.165, 1.54) is 0 Å². The zero-order chi connectivity index (χ0) is 26.9. The fourth-order valence-corrected chi connectivity index (χ4v) is 3.43. The van der Waals surface area contributed by atoms with E-state index in [2.05, 4.69) is 60.1 Å². The Labute approximate surface area is 216 Å². The summed E-state index contributed by atoms with van der Waals surface area (Å²) in [5, 5.41) is 0. The van der Waals surface area contributed by atoms with Crippen LogP contribution in [0.25, 0.3) is 0 Å². The molecule has 0 bridgehead atoms. The lowest BCUT2D eigenvalue weighted by molar-refractivity contribution is -0.161. The van der Waals surface area contributed by atoms with Crippen LogP contribution in [-0.2, 0) is 32.7 Å². The topological polar surface area (TPSA) is 134 Å². The van der Waals surface area contributed by atoms with Gasteiger partial charge in [0.25, 0.3) is 0 Å². The monoisotopic (exact) mass is 529 g/mol. The van der Waals surface area contributed by atoms with Crippen molar-refractivity contribution in [1.82, 2.24) is 0 Å². The Balaban J connectivity index is 4.19. The Morgan fingerprint density at radius 3 is 2.06 bits per heavy atom. The number of rotatable bonds is 22. The number of hydrogen-bond donors (Lipinski definition) is 2. The first kappa shape index (κ1) is 34.0. The lowest BCUT2D eigenvalue weighted by Crippen LogP contribution is -2.29. The van der Waals surface area contributed by atoms with E-state index in [1.54, 1.807) is 6.92 Å². The number of allylic oxidation sites excluding steroid dienone is 8. The lowest BCUT2D eigenvalue weighted by atomic mass is 10.2. The Morgan fingerprint density at radius 2 is 1.47 bits per heavy atom. The SMILES string of the molecule is CC/C=C\C/C=C\C/C=C\C/C=C\CCCCC(=O)OC(COC(=O)CC)COP(=O)(O)OCCN. The second-order valence-corrected chi connectivity index (χ2v) is 9.23. The molecule has 2 unspecified atom stereocenters. The standard InChI is InChI=1S/C26H44NO8P/c1-3-5-6-7-8-9-10-11-12-13-14-15-16-17-18-19-26(29)35-24(22-32-25(28)4-2)23-34-36(30,31)33-21-20-27/h5-6,8-9,11-12,14-15,24H,3-4,7,10,13,16-23,27H2,1-2H3,(H,30,31)/b6-5-,9-8-,12-11-,15-14-. The van der Waals surface area contributed by atoms with Crippen molar-refractivity contribution in [1.29, 1.82) is 0 Å². The van der Waals surface area contributed by atoms with Crippen LogP contribution in [0.1, 0.15) is 71.6 Å². The summed E-state index contributed by atoms with van der Waals surface area (Å²) < 4.78 is 31.5. The maximum Gasteiger partial charge on any atom is 0.472 e. The number of ether oxygens (including phenoxy) is 2. The summed E-state index contributed by atoms with van der Waals surface area (Å²) in [5.41, 5.74) is 5.23. The maximum atomic E-state index is 12.2. The molecule has 0 heterocycles. The molecular formula is C26H44NO8P. The van der Waals surface area contributed by atoms with Gasteiger partial charge in [0.2, 0.25) is 0 Å². The molecule has 0 saturated carbocycles. The van der Waals surface area contributed by atoms with Crippen molar-refractivity contribution in [3.8, 4) is 0 Å². The van der Waals surface area contributed by atoms with Crippen LogP contribution in [0.15, 0.2) is 48.6 Å². The van der Waals surface area contributed by atoms with Crippen LogP contribution in [0.5, 0.6) is 0 Å². The summed E-state index contributed by atoms with van der Waals surface area (Å²) in [4.78, 5) is 33.2. The van der Waals surface area contributed by atoms with Gasteiger partial charge in [-0.15, -0.1) is 0 Å². The van der Waals surface area contributed by atoms with E-state index < -0.39 is 32.5 Å². The average molecular weight is 530 g/mol. The number of carbonyl (C=O) groups is 2. The predicted molar refractivity (Wildman–Crippen MR) is 141 cm³/mol. The van der Waals surface area contributed by atoms with Gasteiger partial charge >= 0.3 is 19.8 Å². The second kappa shape index (κ2) is 23.4. The summed E-state index contributed by atoms with van der Waals surface area (Å²) in [5.74, 6) is -0.988. The highest BCUT2D eigenvalue weighted by Crippen LogP contribution is 2.43. The van der Waals surface area contributed by atoms with E-state index >= 15 is 0 Å². The highest BCUT2D eigenvalue weighted by atomic mass is 31.2. The Kier molecular flexibility index (Phi) is 22.1. The number of esters is 2. The molecule has 0 aromatic rings. The molecule has 0 aliphatic rings. The van der Waals surface area contributed by atoms with Crippen LogP contribution in [0, 0.1) is 0 Å². The molecule has 206 valence electrons. The number of hydrogen-bond acceptors (Lipinski definition) is 8. The lowest BCUT2D eigenvalue weighted by Gasteiger charge is -2.19. The molecule has 0 rings (SSSR count). The maximum absolute atomic E-state index is 12.2. The molecule has 0 aliphatic carbocycles. The summed E-state index contributed by atoms with van der Waals surface area (Å²) >= 11 is 0. The molecule has 0 radical (unpaired) electrons. The average Bonchev–Trinajstić information content (AvgIpc) is 2.86. The van der Waals surface area contributed by atoms with Gasteiger partial charge in [-0.3, -0.25) is 18.6 Å². The van der Waals surface area contributed by atoms with Gasteiger partial charge in [0.1, 0.15) is 6.61 Å². The quantitative estimate of drug-likeness (QED) is 0.0828. The van der Waals surface area contributed by atoms with Crippen molar-refractivity contribution in [3.05, 3.63) is 48.6 Å². The predicted octanol–water partition coefficient (Wildman–Crippen LogP) is 5.31. The molecule has 0 saturated heterocycles. The number of phosphoric acid groups is 1. The van der Waals surface area contributed by atoms with Crippen molar-refractivity contribution >= 4 is 19.8 Å². The van der Waals surface area contributed by atoms with Crippen LogP contribution >= 0.6 is 7.82 Å². The van der Waals surface area contributed by atoms with Gasteiger partial charge < -0.3 is 20.1 Å². The van der Waals surface area contributed by atoms with Gasteiger partial charge in [0, 0.05) is 19.4 Å². The number of nitrogens with two attached hydrogens (primary N) is 1. The van der Waals surface area contributed by atoms with Gasteiger partial charge in [0.15, 0.2) is 6.10 Å². The molecule has 0 amide bonds. The third kappa shape index (κ3) is 22.4. The fourth-order valence-electron chi connectivity index (χ4n) is 2.66. The second-order valence-electron chi connectivity index (χ2n) is 7.78. The van der Waals surface area contributed by atoms with Crippen molar-refractivity contribution in [2.24, 2.45) is 5.73 Å². The van der Waals surface area contributed by atoms with Gasteiger partial charge in [-0.25, -0.2) is 4.57 Å². The summed E-state index contributed by atoms with van der Waals surface area (Å²) in [7, 11) is -4.34. The van der Waals surface area contributed by atoms with Crippen LogP contribution in [0.3, 0.4) is 0 Å². The fraction of sp³-hybridized carbons (Fsp3) is 0.615. The molecule has 3 N–H and O–H groups in total. The smallest absolute Gasteiger partial charge is 0.462 e. The van der Waals surface area contributed by atoms with Gasteiger partial charge in [-0.1, -0.05) is 62.5 Å². The Hall–Kier alpha value is -2.03. The van der Waals surface area contributed by atoms with E-state index in [0.717, 1.165) is 38.5 Å². The minimum absolute atomic E-state index is 0.0430. The first-order chi connectivity index (χ1) is 17.3. The Bertz CT molecular complexity index is 748. The largest absolute Gasteiger partial charge is 0.472 e. The third-order valence-corrected chi connectivity index (χ3v) is 5.52. The van der Waals surface area contributed by atoms with Crippen LogP contribution in [0.2, 0.25) is 0 Å². The summed E-state index contributed by atoms with van der Waals surface area (Å²) in [6.45, 7) is 2.89. The van der Waals surface area contributed by atoms with E-state index in [-0.39, 0.29) is 32.6 Å². The minimum Gasteiger partial charge on any atom is -0.462 e. The Morgan fingerprint density at radius 1 is 0.861 bits per heavy atom. The van der Waals surface area contributed by atoms with Crippen molar-refractivity contribution in [3.63, 3.8) is 0 Å². The van der Waals surface area contributed by atoms with Crippen molar-refractivity contribution in [2.75, 3.05) is 26.4 Å². The zero-order valence-electron chi connectivity index (χ0n) is 21.7. The molecule has 10 heteroatoms. The normalized spacial score (nSPS) is 14.7. The van der Waals surface area contributed by atoms with E-state index in [4.69, 9.17) is 19.7 Å². The van der Waals surface area contributed by atoms with Gasteiger partial charge in [0.05, 0.1) is 13.2 Å². The van der Waals surface area contributed by atoms with Crippen molar-refractivity contribution in [2.45, 2.75) is 77.7 Å². The van der Waals surface area contributed by atoms with Gasteiger partial charge in [-0.2, -0.15) is 0 Å². The van der Waals surface area contributed by atoms with Crippen molar-refractivity contribution < 1.29 is 37.6 Å². The molecule has 2 atom stereocenters. The van der Waals surface area contributed by atoms with Crippen LogP contribution < -0.4 is 5.73 Å². The highest BCUT2D eigenvalue weighted by Gasteiger charge is 2.25. The first-order valence-electron chi connectivity index (χ1n) is 12.6. The first-order valence-corrected chi connectivity index (χ1v) is 14.1. The minimum atomic E-state index is -4.34. The number of phosphoric ester groups is 1. The van der Waals surface area contributed by atoms with Crippen LogP contribution in [-0.4, -0.2) is 49.3 Å². The molecular weight excluding hydrogens is 485 g/mol. The zero-order valence-corrected chi connectivity index (χ0v) is 22.6. The van der Waals surface area contributed by atoms with E-state index in [0.29, 0.717) is 6.42 Å². The molecule has 0 aromatic carbocycles. The third-order valence-electron chi connectivity index (χ3n) is 4.53. The molecule has 0 fully saturated rings. The molecule has 0 spiro atoms. The molecule has 0 aromatic heterocycles. The van der Waals surface area contributed by atoms with E-state index in [9.17, 15) is 19.0 Å². The summed E-state index contributed by atoms with van der Waals surface area (Å²) in [6, 6.07) is 0. The molecule has 0 aliphatic heterocycles. The summed E-state index contributed by atoms with van der Waals surface area (Å²) in [6.07, 6.45) is 22.5. The van der Waals surface area contributed by atoms with Crippen LogP contribution in [0.4, 0.5) is 0 Å². The van der Waals surface area contributed by atoms with Gasteiger partial charge in [-0.05, 0) is 44.9 Å². The van der Waals surface area contributed by atoms with E-state index in [1.807, 2.05) is 0 Å².